The number of hydrogen-bond donors (Lipinski definition) is 1. The van der Waals surface area contributed by atoms with E-state index in [0.717, 1.165) is 24.1 Å². The number of carbonyl (C=O) groups is 2. The molecule has 0 bridgehead atoms. The number of hydrogen-bond acceptors (Lipinski definition) is 6. The summed E-state index contributed by atoms with van der Waals surface area (Å²) in [5, 5.41) is 2.99. The quantitative estimate of drug-likeness (QED) is 0.661. The lowest BCUT2D eigenvalue weighted by Gasteiger charge is -2.32. The Bertz CT molecular complexity index is 1050. The van der Waals surface area contributed by atoms with Gasteiger partial charge in [-0.05, 0) is 36.6 Å². The molecule has 8 nitrogen and oxygen atoms in total. The first-order valence-electron chi connectivity index (χ1n) is 11.3. The molecule has 4 rings (SSSR count). The summed E-state index contributed by atoms with van der Waals surface area (Å²) in [6, 6.07) is 14.0. The molecule has 0 radical (unpaired) electrons. The third-order valence-corrected chi connectivity index (χ3v) is 5.94. The van der Waals surface area contributed by atoms with Crippen LogP contribution >= 0.6 is 0 Å². The van der Waals surface area contributed by atoms with Crippen LogP contribution in [0.3, 0.4) is 0 Å². The van der Waals surface area contributed by atoms with E-state index in [-0.39, 0.29) is 23.6 Å². The highest BCUT2D eigenvalue weighted by Gasteiger charge is 2.26. The maximum atomic E-state index is 13.0. The maximum Gasteiger partial charge on any atom is 0.291 e. The van der Waals surface area contributed by atoms with Crippen LogP contribution < -0.4 is 5.32 Å². The van der Waals surface area contributed by atoms with Crippen molar-refractivity contribution in [1.29, 1.82) is 0 Å². The van der Waals surface area contributed by atoms with Crippen molar-refractivity contribution in [2.45, 2.75) is 32.4 Å². The number of aryl methyl sites for hydroxylation is 1. The third kappa shape index (κ3) is 5.84. The minimum absolute atomic E-state index is 0.0336. The van der Waals surface area contributed by atoms with Crippen molar-refractivity contribution >= 4 is 11.8 Å². The highest BCUT2D eigenvalue weighted by Crippen LogP contribution is 2.27. The zero-order valence-electron chi connectivity index (χ0n) is 18.8. The summed E-state index contributed by atoms with van der Waals surface area (Å²) in [7, 11) is 0. The van der Waals surface area contributed by atoms with Gasteiger partial charge in [-0.2, -0.15) is 0 Å². The van der Waals surface area contributed by atoms with Crippen LogP contribution in [0.2, 0.25) is 0 Å². The minimum atomic E-state index is -0.196. The molecular formula is C25H29N5O3. The highest BCUT2D eigenvalue weighted by molar-refractivity contribution is 5.92. The van der Waals surface area contributed by atoms with Crippen molar-refractivity contribution in [3.05, 3.63) is 83.8 Å². The lowest BCUT2D eigenvalue weighted by molar-refractivity contribution is -0.122. The van der Waals surface area contributed by atoms with Gasteiger partial charge in [0.05, 0.1) is 5.69 Å². The number of nitrogens with zero attached hydrogens (tertiary/aromatic N) is 4. The van der Waals surface area contributed by atoms with Crippen molar-refractivity contribution in [1.82, 2.24) is 25.1 Å². The van der Waals surface area contributed by atoms with E-state index in [2.05, 4.69) is 32.3 Å². The normalized spacial score (nSPS) is 18.4. The molecule has 0 spiro atoms. The second-order valence-corrected chi connectivity index (χ2v) is 8.22. The standard InChI is InChI=1S/C25H29N5O3/c1-19-24(33-18-28-19)25(32)29-13-5-14-30(17-20-8-10-26-11-9-20)22(16-23(31)27-12-15-29)21-6-3-2-4-7-21/h2-4,6-11,18,22H,5,12-17H2,1H3,(H,27,31). The summed E-state index contributed by atoms with van der Waals surface area (Å²) in [4.78, 5) is 38.1. The van der Waals surface area contributed by atoms with E-state index in [1.807, 2.05) is 30.3 Å². The van der Waals surface area contributed by atoms with E-state index in [1.54, 1.807) is 24.2 Å². The van der Waals surface area contributed by atoms with E-state index in [1.165, 1.54) is 6.39 Å². The van der Waals surface area contributed by atoms with Crippen LogP contribution in [0.1, 0.15) is 46.3 Å². The van der Waals surface area contributed by atoms with Gasteiger partial charge in [0.2, 0.25) is 11.7 Å². The van der Waals surface area contributed by atoms with Gasteiger partial charge < -0.3 is 14.6 Å². The number of rotatable bonds is 4. The van der Waals surface area contributed by atoms with E-state index < -0.39 is 0 Å². The van der Waals surface area contributed by atoms with Crippen molar-refractivity contribution in [2.75, 3.05) is 26.2 Å². The first-order chi connectivity index (χ1) is 16.1. The summed E-state index contributed by atoms with van der Waals surface area (Å²) >= 11 is 0. The molecule has 172 valence electrons. The average molecular weight is 448 g/mol. The minimum Gasteiger partial charge on any atom is -0.438 e. The van der Waals surface area contributed by atoms with Crippen molar-refractivity contribution in [3.8, 4) is 0 Å². The lowest BCUT2D eigenvalue weighted by atomic mass is 10.00. The smallest absolute Gasteiger partial charge is 0.291 e. The van der Waals surface area contributed by atoms with Crippen LogP contribution in [0.15, 0.2) is 65.7 Å². The molecule has 33 heavy (non-hydrogen) atoms. The molecule has 3 aromatic rings. The van der Waals surface area contributed by atoms with Crippen LogP contribution in [0.25, 0.3) is 0 Å². The van der Waals surface area contributed by atoms with Gasteiger partial charge in [-0.25, -0.2) is 4.98 Å². The van der Waals surface area contributed by atoms with Crippen molar-refractivity contribution in [2.24, 2.45) is 0 Å². The van der Waals surface area contributed by atoms with Gasteiger partial charge in [-0.3, -0.25) is 19.5 Å². The van der Waals surface area contributed by atoms with Crippen molar-refractivity contribution in [3.63, 3.8) is 0 Å². The van der Waals surface area contributed by atoms with Crippen LogP contribution in [-0.2, 0) is 11.3 Å². The number of amides is 2. The van der Waals surface area contributed by atoms with Crippen LogP contribution in [0.5, 0.6) is 0 Å². The van der Waals surface area contributed by atoms with Gasteiger partial charge in [-0.15, -0.1) is 0 Å². The van der Waals surface area contributed by atoms with Gasteiger partial charge in [0.1, 0.15) is 0 Å². The molecule has 1 saturated heterocycles. The topological polar surface area (TPSA) is 91.6 Å². The number of aromatic nitrogens is 2. The molecular weight excluding hydrogens is 418 g/mol. The Morgan fingerprint density at radius 3 is 2.64 bits per heavy atom. The number of nitrogens with one attached hydrogen (secondary N) is 1. The molecule has 1 fully saturated rings. The Hall–Kier alpha value is -3.52. The van der Waals surface area contributed by atoms with E-state index >= 15 is 0 Å². The summed E-state index contributed by atoms with van der Waals surface area (Å²) < 4.78 is 5.32. The highest BCUT2D eigenvalue weighted by atomic mass is 16.3. The number of oxazole rings is 1. The lowest BCUT2D eigenvalue weighted by Crippen LogP contribution is -2.39. The molecule has 1 unspecified atom stereocenters. The predicted molar refractivity (Wildman–Crippen MR) is 123 cm³/mol. The summed E-state index contributed by atoms with van der Waals surface area (Å²) in [6.45, 7) is 4.54. The molecule has 0 saturated carbocycles. The van der Waals surface area contributed by atoms with E-state index in [9.17, 15) is 9.59 Å². The number of carbonyl (C=O) groups excluding carboxylic acids is 2. The first kappa shape index (κ1) is 22.7. The Morgan fingerprint density at radius 2 is 1.91 bits per heavy atom. The molecule has 1 atom stereocenters. The van der Waals surface area contributed by atoms with Gasteiger partial charge >= 0.3 is 0 Å². The van der Waals surface area contributed by atoms with Gasteiger partial charge in [0.15, 0.2) is 6.39 Å². The molecule has 2 aromatic heterocycles. The van der Waals surface area contributed by atoms with Crippen LogP contribution in [0.4, 0.5) is 0 Å². The molecule has 1 aliphatic heterocycles. The Morgan fingerprint density at radius 1 is 1.12 bits per heavy atom. The summed E-state index contributed by atoms with van der Waals surface area (Å²) in [6.07, 6.45) is 5.97. The third-order valence-electron chi connectivity index (χ3n) is 5.94. The van der Waals surface area contributed by atoms with Gasteiger partial charge in [-0.1, -0.05) is 30.3 Å². The predicted octanol–water partition coefficient (Wildman–Crippen LogP) is 2.97. The molecule has 1 aliphatic rings. The molecule has 1 N–H and O–H groups in total. The first-order valence-corrected chi connectivity index (χ1v) is 11.3. The Balaban J connectivity index is 1.58. The van der Waals surface area contributed by atoms with E-state index in [0.29, 0.717) is 38.3 Å². The second-order valence-electron chi connectivity index (χ2n) is 8.22. The summed E-state index contributed by atoms with van der Waals surface area (Å²) in [5.74, 6) is 0.0273. The number of benzene rings is 1. The van der Waals surface area contributed by atoms with Crippen LogP contribution in [-0.4, -0.2) is 57.8 Å². The van der Waals surface area contributed by atoms with E-state index in [4.69, 9.17) is 4.42 Å². The molecule has 3 heterocycles. The molecule has 0 aliphatic carbocycles. The molecule has 8 heteroatoms. The Kier molecular flexibility index (Phi) is 7.47. The zero-order valence-corrected chi connectivity index (χ0v) is 18.8. The monoisotopic (exact) mass is 447 g/mol. The molecule has 2 amide bonds. The van der Waals surface area contributed by atoms with Gasteiger partial charge in [0.25, 0.3) is 5.91 Å². The Labute approximate surface area is 193 Å². The fraction of sp³-hybridized carbons (Fsp3) is 0.360. The fourth-order valence-corrected chi connectivity index (χ4v) is 4.21. The fourth-order valence-electron chi connectivity index (χ4n) is 4.21. The molecule has 1 aromatic carbocycles. The largest absolute Gasteiger partial charge is 0.438 e. The zero-order chi connectivity index (χ0) is 23.0. The average Bonchev–Trinajstić information content (AvgIpc) is 3.26. The SMILES string of the molecule is Cc1ncoc1C(=O)N1CCCN(Cc2ccncc2)C(c2ccccc2)CC(=O)NCC1. The second kappa shape index (κ2) is 10.9. The maximum absolute atomic E-state index is 13.0. The summed E-state index contributed by atoms with van der Waals surface area (Å²) in [5.41, 5.74) is 2.81. The van der Waals surface area contributed by atoms with Crippen LogP contribution in [0, 0.1) is 6.92 Å². The number of pyridine rings is 1. The van der Waals surface area contributed by atoms with Gasteiger partial charge in [0, 0.05) is 57.6 Å². The van der Waals surface area contributed by atoms with Crippen molar-refractivity contribution < 1.29 is 14.0 Å².